The van der Waals surface area contributed by atoms with Gasteiger partial charge in [-0.1, -0.05) is 19.9 Å². The molecule has 0 bridgehead atoms. The van der Waals surface area contributed by atoms with Gasteiger partial charge >= 0.3 is 6.18 Å². The fraction of sp³-hybridized carbons (Fsp3) is 0.643. The molecule has 4 aliphatic rings. The minimum absolute atomic E-state index is 0.0284. The van der Waals surface area contributed by atoms with E-state index in [1.165, 1.54) is 12.3 Å². The molecule has 2 N–H and O–H groups in total. The highest BCUT2D eigenvalue weighted by Gasteiger charge is 2.54. The first-order valence-corrected chi connectivity index (χ1v) is 13.3. The summed E-state index contributed by atoms with van der Waals surface area (Å²) in [6.07, 6.45) is -2.88. The molecule has 1 spiro atoms. The predicted octanol–water partition coefficient (Wildman–Crippen LogP) is 5.01. The molecule has 1 aliphatic carbocycles. The normalized spacial score (nSPS) is 28.8. The maximum absolute atomic E-state index is 13.3. The molecule has 206 valence electrons. The van der Waals surface area contributed by atoms with Crippen LogP contribution < -0.4 is 0 Å². The zero-order valence-electron chi connectivity index (χ0n) is 21.6. The van der Waals surface area contributed by atoms with Crippen molar-refractivity contribution in [1.82, 2.24) is 9.97 Å². The molecule has 3 atom stereocenters. The molecule has 0 radical (unpaired) electrons. The van der Waals surface area contributed by atoms with Crippen LogP contribution in [0.25, 0.3) is 0 Å². The number of fused-ring (bicyclic) bond motifs is 4. The lowest BCUT2D eigenvalue weighted by Gasteiger charge is -2.42. The predicted molar refractivity (Wildman–Crippen MR) is 129 cm³/mol. The molecular weight excluding hydrogens is 501 g/mol. The van der Waals surface area contributed by atoms with Gasteiger partial charge in [0, 0.05) is 68.1 Å². The molecular formula is C28H33F3N2O5. The van der Waals surface area contributed by atoms with Crippen molar-refractivity contribution in [1.29, 1.82) is 0 Å². The van der Waals surface area contributed by atoms with Crippen LogP contribution >= 0.6 is 0 Å². The van der Waals surface area contributed by atoms with E-state index in [9.17, 15) is 23.4 Å². The van der Waals surface area contributed by atoms with Gasteiger partial charge < -0.3 is 24.4 Å². The lowest BCUT2D eigenvalue weighted by molar-refractivity contribution is -0.141. The fourth-order valence-electron chi connectivity index (χ4n) is 6.69. The van der Waals surface area contributed by atoms with Crippen LogP contribution in [0, 0.1) is 5.41 Å². The molecule has 2 saturated heterocycles. The van der Waals surface area contributed by atoms with E-state index < -0.39 is 41.2 Å². The Balaban J connectivity index is 1.60. The zero-order valence-corrected chi connectivity index (χ0v) is 21.6. The average molecular weight is 535 g/mol. The van der Waals surface area contributed by atoms with Gasteiger partial charge in [0.15, 0.2) is 0 Å². The number of hydrogen-bond donors (Lipinski definition) is 2. The molecule has 0 aromatic carbocycles. The van der Waals surface area contributed by atoms with Gasteiger partial charge in [-0.05, 0) is 36.3 Å². The topological polar surface area (TPSA) is 93.9 Å². The van der Waals surface area contributed by atoms with Crippen LogP contribution in [0.4, 0.5) is 13.2 Å². The van der Waals surface area contributed by atoms with Crippen molar-refractivity contribution in [2.45, 2.75) is 82.0 Å². The third-order valence-electron chi connectivity index (χ3n) is 8.73. The third-order valence-corrected chi connectivity index (χ3v) is 8.73. The maximum atomic E-state index is 13.3. The van der Waals surface area contributed by atoms with Crippen molar-refractivity contribution in [2.75, 3.05) is 26.4 Å². The molecule has 2 fully saturated rings. The number of rotatable bonds is 2. The van der Waals surface area contributed by atoms with E-state index in [0.717, 1.165) is 35.7 Å². The summed E-state index contributed by atoms with van der Waals surface area (Å²) in [6, 6.07) is 2.40. The van der Waals surface area contributed by atoms with Gasteiger partial charge in [0.2, 0.25) is 0 Å². The number of pyridine rings is 2. The van der Waals surface area contributed by atoms with Gasteiger partial charge in [0.25, 0.3) is 0 Å². The van der Waals surface area contributed by atoms with Crippen LogP contribution in [-0.2, 0) is 26.0 Å². The molecule has 5 heterocycles. The first kappa shape index (κ1) is 26.1. The molecule has 0 amide bonds. The highest BCUT2D eigenvalue weighted by molar-refractivity contribution is 5.55. The second-order valence-corrected chi connectivity index (χ2v) is 11.7. The molecule has 7 nitrogen and oxygen atoms in total. The van der Waals surface area contributed by atoms with E-state index in [1.807, 2.05) is 13.8 Å². The van der Waals surface area contributed by atoms with E-state index in [0.29, 0.717) is 62.5 Å². The molecule has 10 heteroatoms. The largest absolute Gasteiger partial charge is 0.433 e. The number of nitrogens with zero attached hydrogens (tertiary/aromatic N) is 2. The van der Waals surface area contributed by atoms with Crippen molar-refractivity contribution < 1.29 is 37.6 Å². The van der Waals surface area contributed by atoms with E-state index in [-0.39, 0.29) is 5.92 Å². The Kier molecular flexibility index (Phi) is 6.35. The van der Waals surface area contributed by atoms with Crippen LogP contribution in [0.2, 0.25) is 0 Å². The molecule has 3 aliphatic heterocycles. The van der Waals surface area contributed by atoms with Crippen LogP contribution in [0.3, 0.4) is 0 Å². The zero-order chi connectivity index (χ0) is 26.9. The van der Waals surface area contributed by atoms with E-state index in [2.05, 4.69) is 4.98 Å². The Hall–Kier alpha value is -2.11. The van der Waals surface area contributed by atoms with Gasteiger partial charge in [-0.3, -0.25) is 9.97 Å². The van der Waals surface area contributed by atoms with Crippen LogP contribution in [0.15, 0.2) is 18.3 Å². The molecule has 0 saturated carbocycles. The lowest BCUT2D eigenvalue weighted by atomic mass is 9.68. The Morgan fingerprint density at radius 1 is 0.947 bits per heavy atom. The summed E-state index contributed by atoms with van der Waals surface area (Å²) in [7, 11) is 0. The number of ether oxygens (including phenoxy) is 3. The Morgan fingerprint density at radius 3 is 2.26 bits per heavy atom. The summed E-state index contributed by atoms with van der Waals surface area (Å²) in [5.74, 6) is 0.0284. The highest BCUT2D eigenvalue weighted by Crippen LogP contribution is 2.59. The molecule has 2 aromatic rings. The summed E-state index contributed by atoms with van der Waals surface area (Å²) in [5.41, 5.74) is 1.64. The number of aromatic nitrogens is 2. The lowest BCUT2D eigenvalue weighted by Crippen LogP contribution is -2.38. The smallest absolute Gasteiger partial charge is 0.388 e. The number of halogens is 3. The average Bonchev–Trinajstić information content (AvgIpc) is 3.21. The number of hydrogen-bond acceptors (Lipinski definition) is 7. The highest BCUT2D eigenvalue weighted by atomic mass is 19.4. The summed E-state index contributed by atoms with van der Waals surface area (Å²) in [4.78, 5) is 8.79. The van der Waals surface area contributed by atoms with Crippen LogP contribution in [0.5, 0.6) is 0 Å². The van der Waals surface area contributed by atoms with Crippen molar-refractivity contribution in [3.8, 4) is 0 Å². The van der Waals surface area contributed by atoms with Gasteiger partial charge in [0.1, 0.15) is 17.9 Å². The van der Waals surface area contributed by atoms with Crippen molar-refractivity contribution >= 4 is 0 Å². The first-order valence-electron chi connectivity index (χ1n) is 13.3. The molecule has 6 rings (SSSR count). The van der Waals surface area contributed by atoms with Gasteiger partial charge in [-0.15, -0.1) is 0 Å². The van der Waals surface area contributed by atoms with E-state index >= 15 is 0 Å². The second-order valence-electron chi connectivity index (χ2n) is 11.7. The van der Waals surface area contributed by atoms with Crippen LogP contribution in [0.1, 0.15) is 110 Å². The van der Waals surface area contributed by atoms with Crippen molar-refractivity contribution in [2.24, 2.45) is 5.41 Å². The van der Waals surface area contributed by atoms with Crippen molar-refractivity contribution in [3.05, 3.63) is 57.7 Å². The van der Waals surface area contributed by atoms with Crippen molar-refractivity contribution in [3.63, 3.8) is 0 Å². The van der Waals surface area contributed by atoms with Gasteiger partial charge in [-0.2, -0.15) is 13.2 Å². The Labute approximate surface area is 219 Å². The van der Waals surface area contributed by atoms with E-state index in [1.54, 1.807) is 0 Å². The summed E-state index contributed by atoms with van der Waals surface area (Å²) in [6.45, 7) is 5.88. The minimum Gasteiger partial charge on any atom is -0.388 e. The minimum atomic E-state index is -4.55. The van der Waals surface area contributed by atoms with E-state index in [4.69, 9.17) is 19.2 Å². The Bertz CT molecular complexity index is 1200. The SMILES string of the molecule is CC1(C)CC(O)c2c(nc(C3CCOCC3)c3c2C2(CCOCC2)OC3c2ccc(C(F)(F)F)nc2)[C@@H]1O. The summed E-state index contributed by atoms with van der Waals surface area (Å²) in [5, 5.41) is 22.9. The van der Waals surface area contributed by atoms with Gasteiger partial charge in [-0.25, -0.2) is 0 Å². The number of aliphatic hydroxyl groups excluding tert-OH is 2. The van der Waals surface area contributed by atoms with Crippen LogP contribution in [-0.4, -0.2) is 46.6 Å². The fourth-order valence-corrected chi connectivity index (χ4v) is 6.69. The monoisotopic (exact) mass is 534 g/mol. The quantitative estimate of drug-likeness (QED) is 0.559. The maximum Gasteiger partial charge on any atom is 0.433 e. The second kappa shape index (κ2) is 9.23. The summed E-state index contributed by atoms with van der Waals surface area (Å²) >= 11 is 0. The molecule has 38 heavy (non-hydrogen) atoms. The third kappa shape index (κ3) is 4.16. The molecule has 2 aromatic heterocycles. The van der Waals surface area contributed by atoms with Gasteiger partial charge in [0.05, 0.1) is 23.1 Å². The standard InChI is InChI=1S/C28H33F3N2O5/c1-26(2)13-17(34)19-21-20(22(33-23(19)25(26)35)15-5-9-36-10-6-15)24(38-27(21)7-11-37-12-8-27)16-3-4-18(32-14-16)28(29,30)31/h3-4,14-15,17,24-25,34-35H,5-13H2,1-2H3/t17?,24?,25-/m0/s1. The Morgan fingerprint density at radius 2 is 1.63 bits per heavy atom. The first-order chi connectivity index (χ1) is 18.0. The summed E-state index contributed by atoms with van der Waals surface area (Å²) < 4.78 is 58.0. The molecule has 2 unspecified atom stereocenters. The number of aliphatic hydroxyl groups is 2. The number of alkyl halides is 3.